The van der Waals surface area contributed by atoms with E-state index in [1.807, 2.05) is 18.3 Å². The summed E-state index contributed by atoms with van der Waals surface area (Å²) in [5.41, 5.74) is 2.56. The number of esters is 1. The Morgan fingerprint density at radius 2 is 1.94 bits per heavy atom. The first-order valence-electron chi connectivity index (χ1n) is 11.0. The van der Waals surface area contributed by atoms with Gasteiger partial charge in [0.15, 0.2) is 0 Å². The third kappa shape index (κ3) is 5.29. The summed E-state index contributed by atoms with van der Waals surface area (Å²) in [6, 6.07) is 12.1. The van der Waals surface area contributed by atoms with Gasteiger partial charge in [-0.3, -0.25) is 4.90 Å². The molecule has 1 aliphatic rings. The topological polar surface area (TPSA) is 63.8 Å². The maximum absolute atomic E-state index is 13.5. The van der Waals surface area contributed by atoms with Gasteiger partial charge >= 0.3 is 5.97 Å². The van der Waals surface area contributed by atoms with Crippen molar-refractivity contribution >= 4 is 16.9 Å². The summed E-state index contributed by atoms with van der Waals surface area (Å²) in [7, 11) is 1.56. The summed E-state index contributed by atoms with van der Waals surface area (Å²) < 4.78 is 29.5. The van der Waals surface area contributed by atoms with Crippen LogP contribution in [0.4, 0.5) is 4.39 Å². The lowest BCUT2D eigenvalue weighted by atomic mass is 9.89. The number of hydrogen-bond acceptors (Lipinski definition) is 5. The fourth-order valence-electron chi connectivity index (χ4n) is 4.27. The van der Waals surface area contributed by atoms with Crippen LogP contribution < -0.4 is 4.74 Å². The number of likely N-dealkylation sites (tertiary alicyclic amines) is 1. The van der Waals surface area contributed by atoms with Crippen LogP contribution in [-0.2, 0) is 9.47 Å². The highest BCUT2D eigenvalue weighted by Crippen LogP contribution is 2.33. The van der Waals surface area contributed by atoms with E-state index < -0.39 is 5.97 Å². The minimum absolute atomic E-state index is 0.212. The number of benzene rings is 2. The molecule has 0 spiro atoms. The number of nitrogens with one attached hydrogen (secondary N) is 1. The number of ether oxygens (including phenoxy) is 3. The average Bonchev–Trinajstić information content (AvgIpc) is 3.23. The molecule has 1 N–H and O–H groups in total. The summed E-state index contributed by atoms with van der Waals surface area (Å²) in [6.45, 7) is 3.81. The standard InChI is InChI=1S/C25H29FN2O4/c1-30-14-15-32-25(29)21-4-2-3-5-24(21)31-13-12-28-10-8-18(9-11-28)22-17-27-23-16-19(26)6-7-20(22)23/h2-7,16-18,27H,8-15H2,1H3. The molecule has 2 aromatic carbocycles. The molecule has 6 nitrogen and oxygen atoms in total. The molecule has 0 saturated carbocycles. The Morgan fingerprint density at radius 1 is 1.12 bits per heavy atom. The zero-order chi connectivity index (χ0) is 22.3. The second-order valence-electron chi connectivity index (χ2n) is 8.02. The number of methoxy groups -OCH3 is 1. The number of aromatic nitrogens is 1. The molecule has 4 rings (SSSR count). The summed E-state index contributed by atoms with van der Waals surface area (Å²) in [5.74, 6) is 0.382. The van der Waals surface area contributed by atoms with E-state index in [9.17, 15) is 9.18 Å². The molecule has 0 bridgehead atoms. The Bertz CT molecular complexity index is 1040. The second-order valence-corrected chi connectivity index (χ2v) is 8.02. The SMILES string of the molecule is COCCOC(=O)c1ccccc1OCCN1CCC(c2c[nH]c3cc(F)ccc23)CC1. The average molecular weight is 441 g/mol. The Kier molecular flexibility index (Phi) is 7.39. The molecule has 170 valence electrons. The largest absolute Gasteiger partial charge is 0.491 e. The van der Waals surface area contributed by atoms with Gasteiger partial charge in [-0.1, -0.05) is 12.1 Å². The van der Waals surface area contributed by atoms with Gasteiger partial charge in [-0.15, -0.1) is 0 Å². The zero-order valence-corrected chi connectivity index (χ0v) is 18.3. The molecular formula is C25H29FN2O4. The van der Waals surface area contributed by atoms with Crippen molar-refractivity contribution in [2.24, 2.45) is 0 Å². The van der Waals surface area contributed by atoms with E-state index in [1.54, 1.807) is 31.4 Å². The minimum atomic E-state index is -0.405. The Labute approximate surface area is 187 Å². The summed E-state index contributed by atoms with van der Waals surface area (Å²) in [5, 5.41) is 1.11. The lowest BCUT2D eigenvalue weighted by Crippen LogP contribution is -2.35. The van der Waals surface area contributed by atoms with Crippen LogP contribution >= 0.6 is 0 Å². The van der Waals surface area contributed by atoms with Gasteiger partial charge in [0.25, 0.3) is 0 Å². The van der Waals surface area contributed by atoms with Gasteiger partial charge in [0.05, 0.1) is 6.61 Å². The fourth-order valence-corrected chi connectivity index (χ4v) is 4.27. The van der Waals surface area contributed by atoms with Crippen LogP contribution in [0.25, 0.3) is 10.9 Å². The van der Waals surface area contributed by atoms with Crippen molar-refractivity contribution in [3.05, 3.63) is 65.6 Å². The molecule has 1 aliphatic heterocycles. The molecule has 1 fully saturated rings. The predicted octanol–water partition coefficient (Wildman–Crippen LogP) is 4.37. The van der Waals surface area contributed by atoms with Gasteiger partial charge in [-0.2, -0.15) is 0 Å². The first kappa shape index (κ1) is 22.3. The van der Waals surface area contributed by atoms with Crippen LogP contribution in [0.15, 0.2) is 48.7 Å². The third-order valence-electron chi connectivity index (χ3n) is 6.00. The Balaban J connectivity index is 1.26. The third-order valence-corrected chi connectivity index (χ3v) is 6.00. The highest BCUT2D eigenvalue weighted by atomic mass is 19.1. The lowest BCUT2D eigenvalue weighted by molar-refractivity contribution is 0.0383. The number of carbonyl (C=O) groups excluding carboxylic acids is 1. The molecule has 2 heterocycles. The minimum Gasteiger partial charge on any atom is -0.491 e. The van der Waals surface area contributed by atoms with Gasteiger partial charge in [-0.05, 0) is 67.7 Å². The van der Waals surface area contributed by atoms with Crippen LogP contribution in [-0.4, -0.2) is 62.4 Å². The maximum atomic E-state index is 13.5. The van der Waals surface area contributed by atoms with E-state index >= 15 is 0 Å². The highest BCUT2D eigenvalue weighted by molar-refractivity contribution is 5.92. The highest BCUT2D eigenvalue weighted by Gasteiger charge is 2.23. The molecule has 0 radical (unpaired) electrons. The van der Waals surface area contributed by atoms with Crippen LogP contribution in [0.3, 0.4) is 0 Å². The van der Waals surface area contributed by atoms with Crippen molar-refractivity contribution in [2.75, 3.05) is 46.6 Å². The normalized spacial score (nSPS) is 15.2. The van der Waals surface area contributed by atoms with E-state index in [-0.39, 0.29) is 12.4 Å². The number of fused-ring (bicyclic) bond motifs is 1. The molecular weight excluding hydrogens is 411 g/mol. The van der Waals surface area contributed by atoms with Gasteiger partial charge in [0.1, 0.15) is 30.3 Å². The van der Waals surface area contributed by atoms with E-state index in [0.29, 0.717) is 30.4 Å². The van der Waals surface area contributed by atoms with E-state index in [2.05, 4.69) is 9.88 Å². The van der Waals surface area contributed by atoms with Gasteiger partial charge in [0.2, 0.25) is 0 Å². The number of carbonyl (C=O) groups is 1. The molecule has 1 aromatic heterocycles. The van der Waals surface area contributed by atoms with Crippen LogP contribution in [0.1, 0.15) is 34.7 Å². The number of halogens is 1. The van der Waals surface area contributed by atoms with Crippen LogP contribution in [0, 0.1) is 5.82 Å². The maximum Gasteiger partial charge on any atom is 0.342 e. The molecule has 0 atom stereocenters. The van der Waals surface area contributed by atoms with Crippen molar-refractivity contribution in [3.63, 3.8) is 0 Å². The number of para-hydroxylation sites is 1. The number of rotatable bonds is 9. The summed E-state index contributed by atoms with van der Waals surface area (Å²) in [4.78, 5) is 17.9. The fraction of sp³-hybridized carbons (Fsp3) is 0.400. The molecule has 0 aliphatic carbocycles. The number of nitrogens with zero attached hydrogens (tertiary/aromatic N) is 1. The lowest BCUT2D eigenvalue weighted by Gasteiger charge is -2.31. The first-order valence-corrected chi connectivity index (χ1v) is 11.0. The molecule has 0 amide bonds. The second kappa shape index (κ2) is 10.6. The van der Waals surface area contributed by atoms with E-state index in [1.165, 1.54) is 11.6 Å². The number of aromatic amines is 1. The van der Waals surface area contributed by atoms with Gasteiger partial charge < -0.3 is 19.2 Å². The van der Waals surface area contributed by atoms with E-state index in [4.69, 9.17) is 14.2 Å². The monoisotopic (exact) mass is 440 g/mol. The predicted molar refractivity (Wildman–Crippen MR) is 121 cm³/mol. The molecule has 1 saturated heterocycles. The number of H-pyrrole nitrogens is 1. The zero-order valence-electron chi connectivity index (χ0n) is 18.3. The Hall–Kier alpha value is -2.90. The number of hydrogen-bond donors (Lipinski definition) is 1. The number of piperidine rings is 1. The molecule has 0 unspecified atom stereocenters. The molecule has 7 heteroatoms. The van der Waals surface area contributed by atoms with Crippen molar-refractivity contribution < 1.29 is 23.4 Å². The summed E-state index contributed by atoms with van der Waals surface area (Å²) >= 11 is 0. The van der Waals surface area contributed by atoms with Crippen molar-refractivity contribution in [1.29, 1.82) is 0 Å². The van der Waals surface area contributed by atoms with Crippen molar-refractivity contribution in [2.45, 2.75) is 18.8 Å². The van der Waals surface area contributed by atoms with Crippen molar-refractivity contribution in [3.8, 4) is 5.75 Å². The first-order chi connectivity index (χ1) is 15.7. The molecule has 32 heavy (non-hydrogen) atoms. The van der Waals surface area contributed by atoms with Gasteiger partial charge in [-0.25, -0.2) is 9.18 Å². The van der Waals surface area contributed by atoms with Gasteiger partial charge in [0, 0.05) is 30.8 Å². The smallest absolute Gasteiger partial charge is 0.342 e. The van der Waals surface area contributed by atoms with Crippen molar-refractivity contribution in [1.82, 2.24) is 9.88 Å². The van der Waals surface area contributed by atoms with Crippen LogP contribution in [0.5, 0.6) is 5.75 Å². The van der Waals surface area contributed by atoms with E-state index in [0.717, 1.165) is 43.4 Å². The Morgan fingerprint density at radius 3 is 2.75 bits per heavy atom. The molecule has 3 aromatic rings. The quantitative estimate of drug-likeness (QED) is 0.396. The van der Waals surface area contributed by atoms with Crippen LogP contribution in [0.2, 0.25) is 0 Å². The summed E-state index contributed by atoms with van der Waals surface area (Å²) in [6.07, 6.45) is 4.12.